The van der Waals surface area contributed by atoms with Gasteiger partial charge in [-0.2, -0.15) is 8.78 Å². The summed E-state index contributed by atoms with van der Waals surface area (Å²) >= 11 is 0. The third-order valence-corrected chi connectivity index (χ3v) is 2.65. The van der Waals surface area contributed by atoms with Crippen molar-refractivity contribution in [2.24, 2.45) is 0 Å². The molecule has 1 N–H and O–H groups in total. The van der Waals surface area contributed by atoms with Crippen LogP contribution in [0.15, 0.2) is 40.8 Å². The second kappa shape index (κ2) is 5.73. The number of rotatable bonds is 5. The lowest BCUT2D eigenvalue weighted by Gasteiger charge is -2.13. The molecule has 0 aliphatic rings. The number of hydrogen-bond donors (Lipinski definition) is 1. The average Bonchev–Trinajstić information content (AvgIpc) is 2.78. The van der Waals surface area contributed by atoms with Crippen LogP contribution in [0.3, 0.4) is 0 Å². The normalized spacial score (nSPS) is 12.5. The molecule has 0 saturated carbocycles. The Morgan fingerprint density at radius 1 is 1.11 bits per heavy atom. The smallest absolute Gasteiger partial charge is 0.387 e. The largest absolute Gasteiger partial charge is 0.464 e. The molecule has 0 saturated heterocycles. The molecule has 0 amide bonds. The van der Waals surface area contributed by atoms with Crippen molar-refractivity contribution in [2.75, 3.05) is 5.32 Å². The zero-order valence-corrected chi connectivity index (χ0v) is 10.7. The molecule has 1 aromatic heterocycles. The standard InChI is InChI=1S/C14H15F2NO2/c1-9-3-8-13(18-9)10(2)17-11-4-6-12(7-5-11)19-14(15)16/h3-8,10,14,17H,1-2H3. The van der Waals surface area contributed by atoms with Crippen LogP contribution in [-0.2, 0) is 0 Å². The first-order valence-corrected chi connectivity index (χ1v) is 5.92. The van der Waals surface area contributed by atoms with Gasteiger partial charge in [0.05, 0.1) is 6.04 Å². The summed E-state index contributed by atoms with van der Waals surface area (Å²) in [7, 11) is 0. The number of hydrogen-bond acceptors (Lipinski definition) is 3. The van der Waals surface area contributed by atoms with Gasteiger partial charge in [-0.15, -0.1) is 0 Å². The molecule has 102 valence electrons. The first kappa shape index (κ1) is 13.4. The lowest BCUT2D eigenvalue weighted by molar-refractivity contribution is -0.0498. The number of benzene rings is 1. The average molecular weight is 267 g/mol. The van der Waals surface area contributed by atoms with Crippen LogP contribution in [-0.4, -0.2) is 6.61 Å². The van der Waals surface area contributed by atoms with Crippen LogP contribution in [0.25, 0.3) is 0 Å². The number of furan rings is 1. The summed E-state index contributed by atoms with van der Waals surface area (Å²) < 4.78 is 33.8. The van der Waals surface area contributed by atoms with Gasteiger partial charge in [-0.1, -0.05) is 0 Å². The lowest BCUT2D eigenvalue weighted by atomic mass is 10.2. The van der Waals surface area contributed by atoms with Crippen molar-refractivity contribution < 1.29 is 17.9 Å². The molecule has 1 heterocycles. The molecule has 0 radical (unpaired) electrons. The van der Waals surface area contributed by atoms with Crippen molar-refractivity contribution in [3.05, 3.63) is 47.9 Å². The van der Waals surface area contributed by atoms with Crippen LogP contribution in [0, 0.1) is 6.92 Å². The van der Waals surface area contributed by atoms with E-state index in [9.17, 15) is 8.78 Å². The van der Waals surface area contributed by atoms with Gasteiger partial charge < -0.3 is 14.5 Å². The quantitative estimate of drug-likeness (QED) is 0.873. The minimum Gasteiger partial charge on any atom is -0.464 e. The highest BCUT2D eigenvalue weighted by Gasteiger charge is 2.09. The van der Waals surface area contributed by atoms with Crippen LogP contribution in [0.4, 0.5) is 14.5 Å². The Kier molecular flexibility index (Phi) is 4.04. The number of halogens is 2. The molecule has 5 heteroatoms. The first-order chi connectivity index (χ1) is 9.04. The second-order valence-corrected chi connectivity index (χ2v) is 4.22. The van der Waals surface area contributed by atoms with Crippen LogP contribution in [0.1, 0.15) is 24.5 Å². The molecule has 0 fully saturated rings. The number of anilines is 1. The predicted octanol–water partition coefficient (Wildman–Crippen LogP) is 4.36. The van der Waals surface area contributed by atoms with Crippen LogP contribution in [0.2, 0.25) is 0 Å². The van der Waals surface area contributed by atoms with Gasteiger partial charge in [0.25, 0.3) is 0 Å². The van der Waals surface area contributed by atoms with Gasteiger partial charge in [0, 0.05) is 5.69 Å². The predicted molar refractivity (Wildman–Crippen MR) is 68.6 cm³/mol. The van der Waals surface area contributed by atoms with E-state index in [0.29, 0.717) is 0 Å². The summed E-state index contributed by atoms with van der Waals surface area (Å²) in [6.07, 6.45) is 0. The van der Waals surface area contributed by atoms with Gasteiger partial charge in [0.15, 0.2) is 0 Å². The van der Waals surface area contributed by atoms with E-state index in [4.69, 9.17) is 4.42 Å². The number of aryl methyl sites for hydroxylation is 1. The Hall–Kier alpha value is -2.04. The lowest BCUT2D eigenvalue weighted by Crippen LogP contribution is -2.06. The Morgan fingerprint density at radius 3 is 2.32 bits per heavy atom. The van der Waals surface area contributed by atoms with Crippen LogP contribution >= 0.6 is 0 Å². The summed E-state index contributed by atoms with van der Waals surface area (Å²) in [6.45, 7) is 1.04. The van der Waals surface area contributed by atoms with Gasteiger partial charge in [-0.3, -0.25) is 0 Å². The summed E-state index contributed by atoms with van der Waals surface area (Å²) in [5.41, 5.74) is 0.808. The summed E-state index contributed by atoms with van der Waals surface area (Å²) in [6, 6.07) is 10.2. The molecule has 2 aromatic rings. The molecule has 1 unspecified atom stereocenters. The third-order valence-electron chi connectivity index (χ3n) is 2.65. The molecule has 19 heavy (non-hydrogen) atoms. The van der Waals surface area contributed by atoms with Crippen molar-refractivity contribution in [1.82, 2.24) is 0 Å². The van der Waals surface area contributed by atoms with E-state index in [1.54, 1.807) is 12.1 Å². The number of ether oxygens (including phenoxy) is 1. The number of alkyl halides is 2. The van der Waals surface area contributed by atoms with Gasteiger partial charge in [0.1, 0.15) is 17.3 Å². The summed E-state index contributed by atoms with van der Waals surface area (Å²) in [4.78, 5) is 0. The van der Waals surface area contributed by atoms with Crippen molar-refractivity contribution >= 4 is 5.69 Å². The fraction of sp³-hybridized carbons (Fsp3) is 0.286. The minimum atomic E-state index is -2.80. The minimum absolute atomic E-state index is 0.00410. The molecule has 3 nitrogen and oxygen atoms in total. The van der Waals surface area contributed by atoms with Crippen molar-refractivity contribution in [1.29, 1.82) is 0 Å². The molecule has 2 rings (SSSR count). The molecular formula is C14H15F2NO2. The van der Waals surface area contributed by atoms with E-state index in [1.165, 1.54) is 12.1 Å². The van der Waals surface area contributed by atoms with Gasteiger partial charge in [-0.05, 0) is 50.2 Å². The van der Waals surface area contributed by atoms with Gasteiger partial charge >= 0.3 is 6.61 Å². The van der Waals surface area contributed by atoms with E-state index in [2.05, 4.69) is 10.1 Å². The van der Waals surface area contributed by atoms with Gasteiger partial charge in [0.2, 0.25) is 0 Å². The summed E-state index contributed by atoms with van der Waals surface area (Å²) in [5, 5.41) is 3.22. The molecule has 1 atom stereocenters. The second-order valence-electron chi connectivity index (χ2n) is 4.22. The Bertz CT molecular complexity index is 522. The van der Waals surface area contributed by atoms with Crippen molar-refractivity contribution in [3.63, 3.8) is 0 Å². The maximum absolute atomic E-state index is 12.0. The van der Waals surface area contributed by atoms with E-state index in [1.807, 2.05) is 26.0 Å². The van der Waals surface area contributed by atoms with E-state index < -0.39 is 6.61 Å². The Balaban J connectivity index is 1.99. The zero-order valence-electron chi connectivity index (χ0n) is 10.7. The van der Waals surface area contributed by atoms with Crippen LogP contribution in [0.5, 0.6) is 5.75 Å². The topological polar surface area (TPSA) is 34.4 Å². The maximum Gasteiger partial charge on any atom is 0.387 e. The highest BCUT2D eigenvalue weighted by molar-refractivity contribution is 5.47. The van der Waals surface area contributed by atoms with E-state index in [0.717, 1.165) is 17.2 Å². The van der Waals surface area contributed by atoms with Crippen molar-refractivity contribution in [3.8, 4) is 5.75 Å². The zero-order chi connectivity index (χ0) is 13.8. The SMILES string of the molecule is Cc1ccc(C(C)Nc2ccc(OC(F)F)cc2)o1. The number of nitrogens with one attached hydrogen (secondary N) is 1. The summed E-state index contributed by atoms with van der Waals surface area (Å²) in [5.74, 6) is 1.82. The molecule has 0 bridgehead atoms. The van der Waals surface area contributed by atoms with Crippen LogP contribution < -0.4 is 10.1 Å². The first-order valence-electron chi connectivity index (χ1n) is 5.92. The van der Waals surface area contributed by atoms with E-state index >= 15 is 0 Å². The fourth-order valence-corrected chi connectivity index (χ4v) is 1.74. The monoisotopic (exact) mass is 267 g/mol. The highest BCUT2D eigenvalue weighted by Crippen LogP contribution is 2.23. The highest BCUT2D eigenvalue weighted by atomic mass is 19.3. The Labute approximate surface area is 110 Å². The molecule has 0 spiro atoms. The Morgan fingerprint density at radius 2 is 1.79 bits per heavy atom. The molecule has 1 aromatic carbocycles. The van der Waals surface area contributed by atoms with E-state index in [-0.39, 0.29) is 11.8 Å². The van der Waals surface area contributed by atoms with Crippen molar-refractivity contribution in [2.45, 2.75) is 26.5 Å². The maximum atomic E-state index is 12.0. The molecule has 0 aliphatic carbocycles. The third kappa shape index (κ3) is 3.71. The molecular weight excluding hydrogens is 252 g/mol. The fourth-order valence-electron chi connectivity index (χ4n) is 1.74. The van der Waals surface area contributed by atoms with Gasteiger partial charge in [-0.25, -0.2) is 0 Å². The molecule has 0 aliphatic heterocycles.